The predicted molar refractivity (Wildman–Crippen MR) is 65.8 cm³/mol. The summed E-state index contributed by atoms with van der Waals surface area (Å²) in [5.41, 5.74) is 6.69. The van der Waals surface area contributed by atoms with Gasteiger partial charge in [0.1, 0.15) is 0 Å². The van der Waals surface area contributed by atoms with E-state index in [4.69, 9.17) is 15.9 Å². The minimum Gasteiger partial charge on any atom is -0.399 e. The number of nitrogen functional groups attached to an aromatic ring is 1. The zero-order chi connectivity index (χ0) is 12.7. The summed E-state index contributed by atoms with van der Waals surface area (Å²) in [5, 5.41) is 17.7. The molecule has 0 spiro atoms. The molecule has 0 heterocycles. The van der Waals surface area contributed by atoms with Crippen LogP contribution in [0.25, 0.3) is 0 Å². The number of nitrogens with zero attached hydrogens (tertiary/aromatic N) is 1. The summed E-state index contributed by atoms with van der Waals surface area (Å²) in [6.07, 6.45) is 0. The fourth-order valence-corrected chi connectivity index (χ4v) is 1.56. The molecule has 0 saturated heterocycles. The smallest absolute Gasteiger partial charge is 0.176 e. The van der Waals surface area contributed by atoms with Gasteiger partial charge < -0.3 is 15.9 Å². The number of ketones is 1. The number of carbonyl (C=O) groups is 1. The first-order valence-electron chi connectivity index (χ1n) is 5.50. The average Bonchev–Trinajstić information content (AvgIpc) is 2.29. The monoisotopic (exact) mass is 238 g/mol. The van der Waals surface area contributed by atoms with Crippen molar-refractivity contribution < 1.29 is 15.0 Å². The summed E-state index contributed by atoms with van der Waals surface area (Å²) in [6.45, 7) is 0.836. The molecule has 17 heavy (non-hydrogen) atoms. The lowest BCUT2D eigenvalue weighted by Gasteiger charge is -2.19. The molecule has 4 N–H and O–H groups in total. The maximum absolute atomic E-state index is 11.9. The van der Waals surface area contributed by atoms with Gasteiger partial charge >= 0.3 is 0 Å². The van der Waals surface area contributed by atoms with E-state index in [-0.39, 0.29) is 25.5 Å². The molecule has 1 aromatic rings. The Morgan fingerprint density at radius 1 is 1.24 bits per heavy atom. The van der Waals surface area contributed by atoms with Crippen LogP contribution in [0.2, 0.25) is 0 Å². The third-order valence-corrected chi connectivity index (χ3v) is 2.41. The lowest BCUT2D eigenvalue weighted by atomic mass is 10.1. The second kappa shape index (κ2) is 7.01. The van der Waals surface area contributed by atoms with Crippen molar-refractivity contribution in [2.45, 2.75) is 0 Å². The molecule has 0 amide bonds. The van der Waals surface area contributed by atoms with Crippen LogP contribution in [-0.2, 0) is 0 Å². The molecule has 0 aliphatic heterocycles. The summed E-state index contributed by atoms with van der Waals surface area (Å²) in [7, 11) is 0. The van der Waals surface area contributed by atoms with E-state index in [1.807, 2.05) is 0 Å². The van der Waals surface area contributed by atoms with E-state index >= 15 is 0 Å². The van der Waals surface area contributed by atoms with Gasteiger partial charge in [0, 0.05) is 24.3 Å². The van der Waals surface area contributed by atoms with Crippen molar-refractivity contribution in [3.63, 3.8) is 0 Å². The summed E-state index contributed by atoms with van der Waals surface area (Å²) in [6, 6.07) is 6.77. The number of aliphatic hydroxyl groups is 2. The van der Waals surface area contributed by atoms with Gasteiger partial charge in [0.05, 0.1) is 19.8 Å². The number of Topliss-reactive ketones (excluding diaryl/α,β-unsaturated/α-hetero) is 1. The van der Waals surface area contributed by atoms with Crippen LogP contribution in [0.3, 0.4) is 0 Å². The Bertz CT molecular complexity index is 363. The van der Waals surface area contributed by atoms with Gasteiger partial charge in [0.25, 0.3) is 0 Å². The quantitative estimate of drug-likeness (QED) is 0.450. The molecule has 0 atom stereocenters. The third kappa shape index (κ3) is 4.52. The molecule has 0 saturated carbocycles. The highest BCUT2D eigenvalue weighted by Gasteiger charge is 2.11. The van der Waals surface area contributed by atoms with Gasteiger partial charge in [0.15, 0.2) is 5.78 Å². The Kier molecular flexibility index (Phi) is 5.62. The Morgan fingerprint density at radius 3 is 2.41 bits per heavy atom. The second-order valence-electron chi connectivity index (χ2n) is 3.77. The van der Waals surface area contributed by atoms with E-state index in [0.29, 0.717) is 24.3 Å². The van der Waals surface area contributed by atoms with Gasteiger partial charge in [-0.15, -0.1) is 0 Å². The average molecular weight is 238 g/mol. The van der Waals surface area contributed by atoms with Crippen LogP contribution in [0.15, 0.2) is 24.3 Å². The minimum atomic E-state index is -0.0702. The zero-order valence-electron chi connectivity index (χ0n) is 9.67. The fourth-order valence-electron chi connectivity index (χ4n) is 1.56. The van der Waals surface area contributed by atoms with Crippen LogP contribution in [0.5, 0.6) is 0 Å². The number of nitrogens with two attached hydrogens (primary N) is 1. The molecule has 5 heteroatoms. The Labute approximate surface area is 100 Å². The van der Waals surface area contributed by atoms with Crippen molar-refractivity contribution in [1.82, 2.24) is 4.90 Å². The summed E-state index contributed by atoms with van der Waals surface area (Å²) >= 11 is 0. The van der Waals surface area contributed by atoms with E-state index in [0.717, 1.165) is 0 Å². The first-order valence-corrected chi connectivity index (χ1v) is 5.50. The molecule has 0 unspecified atom stereocenters. The lowest BCUT2D eigenvalue weighted by Crippen LogP contribution is -2.34. The van der Waals surface area contributed by atoms with Crippen LogP contribution in [0, 0.1) is 0 Å². The largest absolute Gasteiger partial charge is 0.399 e. The lowest BCUT2D eigenvalue weighted by molar-refractivity contribution is 0.0894. The van der Waals surface area contributed by atoms with Crippen LogP contribution >= 0.6 is 0 Å². The highest BCUT2D eigenvalue weighted by Crippen LogP contribution is 2.08. The molecular formula is C12H18N2O3. The molecule has 1 rings (SSSR count). The maximum atomic E-state index is 11.9. The number of carbonyl (C=O) groups excluding carboxylic acids is 1. The van der Waals surface area contributed by atoms with Gasteiger partial charge in [-0.1, -0.05) is 12.1 Å². The van der Waals surface area contributed by atoms with Crippen molar-refractivity contribution >= 4 is 11.5 Å². The highest BCUT2D eigenvalue weighted by molar-refractivity contribution is 5.98. The Hall–Kier alpha value is -1.43. The van der Waals surface area contributed by atoms with Crippen LogP contribution in [0.1, 0.15) is 10.4 Å². The van der Waals surface area contributed by atoms with Gasteiger partial charge in [-0.3, -0.25) is 9.69 Å². The molecule has 1 aromatic carbocycles. The van der Waals surface area contributed by atoms with Crippen molar-refractivity contribution in [3.8, 4) is 0 Å². The molecule has 94 valence electrons. The van der Waals surface area contributed by atoms with Crippen LogP contribution in [0.4, 0.5) is 5.69 Å². The first-order chi connectivity index (χ1) is 8.17. The molecule has 0 radical (unpaired) electrons. The van der Waals surface area contributed by atoms with Crippen molar-refractivity contribution in [1.29, 1.82) is 0 Å². The van der Waals surface area contributed by atoms with Crippen molar-refractivity contribution in [2.75, 3.05) is 38.6 Å². The number of anilines is 1. The molecule has 5 nitrogen and oxygen atoms in total. The minimum absolute atomic E-state index is 0.0375. The number of hydrogen-bond acceptors (Lipinski definition) is 5. The SMILES string of the molecule is Nc1cccc(C(=O)CN(CCO)CCO)c1. The topological polar surface area (TPSA) is 86.8 Å². The van der Waals surface area contributed by atoms with Crippen LogP contribution in [-0.4, -0.2) is 53.7 Å². The second-order valence-corrected chi connectivity index (χ2v) is 3.77. The number of hydrogen-bond donors (Lipinski definition) is 3. The fraction of sp³-hybridized carbons (Fsp3) is 0.417. The zero-order valence-corrected chi connectivity index (χ0v) is 9.67. The number of benzene rings is 1. The molecule has 0 aliphatic carbocycles. The first kappa shape index (κ1) is 13.6. The van der Waals surface area contributed by atoms with E-state index < -0.39 is 0 Å². The van der Waals surface area contributed by atoms with E-state index in [2.05, 4.69) is 0 Å². The summed E-state index contributed by atoms with van der Waals surface area (Å²) < 4.78 is 0. The van der Waals surface area contributed by atoms with Gasteiger partial charge in [-0.2, -0.15) is 0 Å². The van der Waals surface area contributed by atoms with Crippen molar-refractivity contribution in [3.05, 3.63) is 29.8 Å². The maximum Gasteiger partial charge on any atom is 0.176 e. The Morgan fingerprint density at radius 2 is 1.88 bits per heavy atom. The van der Waals surface area contributed by atoms with E-state index in [1.54, 1.807) is 29.2 Å². The van der Waals surface area contributed by atoms with Gasteiger partial charge in [-0.25, -0.2) is 0 Å². The molecule has 0 aromatic heterocycles. The third-order valence-electron chi connectivity index (χ3n) is 2.41. The van der Waals surface area contributed by atoms with E-state index in [1.165, 1.54) is 0 Å². The molecule has 0 aliphatic rings. The normalized spacial score (nSPS) is 10.8. The highest BCUT2D eigenvalue weighted by atomic mass is 16.3. The van der Waals surface area contributed by atoms with Crippen molar-refractivity contribution in [2.24, 2.45) is 0 Å². The summed E-state index contributed by atoms with van der Waals surface area (Å²) in [4.78, 5) is 13.6. The Balaban J connectivity index is 2.63. The van der Waals surface area contributed by atoms with E-state index in [9.17, 15) is 4.79 Å². The number of rotatable bonds is 7. The predicted octanol–water partition coefficient (Wildman–Crippen LogP) is -0.262. The number of aliphatic hydroxyl groups excluding tert-OH is 2. The summed E-state index contributed by atoms with van der Waals surface area (Å²) in [5.74, 6) is -0.0702. The standard InChI is InChI=1S/C12H18N2O3/c13-11-3-1-2-10(8-11)12(17)9-14(4-6-15)5-7-16/h1-3,8,15-16H,4-7,9,13H2. The van der Waals surface area contributed by atoms with Crippen LogP contribution < -0.4 is 5.73 Å². The van der Waals surface area contributed by atoms with Gasteiger partial charge in [0.2, 0.25) is 0 Å². The van der Waals surface area contributed by atoms with Gasteiger partial charge in [-0.05, 0) is 12.1 Å². The molecule has 0 bridgehead atoms. The molecular weight excluding hydrogens is 220 g/mol. The molecule has 0 fully saturated rings.